The highest BCUT2D eigenvalue weighted by Crippen LogP contribution is 2.28. The minimum atomic E-state index is -3.50. The minimum Gasteiger partial charge on any atom is -0.398 e. The van der Waals surface area contributed by atoms with Crippen molar-refractivity contribution < 1.29 is 8.42 Å². The van der Waals surface area contributed by atoms with Crippen molar-refractivity contribution in [1.82, 2.24) is 9.62 Å². The molecule has 0 radical (unpaired) electrons. The fourth-order valence-electron chi connectivity index (χ4n) is 3.31. The molecule has 0 spiro atoms. The predicted octanol–water partition coefficient (Wildman–Crippen LogP) is 1.94. The van der Waals surface area contributed by atoms with Gasteiger partial charge in [0.15, 0.2) is 0 Å². The van der Waals surface area contributed by atoms with Gasteiger partial charge in [-0.05, 0) is 72.9 Å². The van der Waals surface area contributed by atoms with Gasteiger partial charge in [-0.3, -0.25) is 0 Å². The van der Waals surface area contributed by atoms with Crippen molar-refractivity contribution in [1.29, 1.82) is 0 Å². The zero-order chi connectivity index (χ0) is 15.0. The Balaban J connectivity index is 1.72. The maximum absolute atomic E-state index is 12.5. The Morgan fingerprint density at radius 2 is 2.10 bits per heavy atom. The van der Waals surface area contributed by atoms with E-state index in [4.69, 9.17) is 5.73 Å². The van der Waals surface area contributed by atoms with Gasteiger partial charge in [-0.25, -0.2) is 13.1 Å². The van der Waals surface area contributed by atoms with E-state index in [2.05, 4.69) is 25.6 Å². The predicted molar refractivity (Wildman–Crippen MR) is 86.5 cm³/mol. The summed E-state index contributed by atoms with van der Waals surface area (Å²) in [6.45, 7) is 2.15. The fourth-order valence-corrected chi connectivity index (χ4v) is 4.87. The molecule has 7 heteroatoms. The summed E-state index contributed by atoms with van der Waals surface area (Å²) in [5.41, 5.74) is 6.21. The Morgan fingerprint density at radius 3 is 2.86 bits per heavy atom. The molecule has 5 nitrogen and oxygen atoms in total. The molecule has 2 unspecified atom stereocenters. The highest BCUT2D eigenvalue weighted by Gasteiger charge is 2.33. The first-order chi connectivity index (χ1) is 9.95. The molecule has 2 atom stereocenters. The van der Waals surface area contributed by atoms with Crippen LogP contribution < -0.4 is 10.5 Å². The average molecular weight is 374 g/mol. The first-order valence-electron chi connectivity index (χ1n) is 7.27. The number of nitrogens with one attached hydrogen (secondary N) is 1. The number of sulfonamides is 1. The Kier molecular flexibility index (Phi) is 4.27. The standard InChI is InChI=1S/C14H20BrN3O2S/c15-13-4-3-12(9-14(13)16)21(19,20)17-10-5-7-18-6-1-2-11(18)8-10/h3-4,9-11,17H,1-2,5-8,16H2. The van der Waals surface area contributed by atoms with E-state index in [1.807, 2.05) is 0 Å². The van der Waals surface area contributed by atoms with Crippen LogP contribution in [0.1, 0.15) is 25.7 Å². The first kappa shape index (κ1) is 15.3. The van der Waals surface area contributed by atoms with Crippen molar-refractivity contribution in [2.75, 3.05) is 18.8 Å². The van der Waals surface area contributed by atoms with Gasteiger partial charge < -0.3 is 10.6 Å². The summed E-state index contributed by atoms with van der Waals surface area (Å²) in [4.78, 5) is 2.71. The summed E-state index contributed by atoms with van der Waals surface area (Å²) >= 11 is 3.28. The normalized spacial score (nSPS) is 26.7. The summed E-state index contributed by atoms with van der Waals surface area (Å²) in [6.07, 6.45) is 4.20. The molecule has 2 aliphatic rings. The zero-order valence-electron chi connectivity index (χ0n) is 11.8. The lowest BCUT2D eigenvalue weighted by atomic mass is 9.99. The van der Waals surface area contributed by atoms with Crippen LogP contribution in [-0.2, 0) is 10.0 Å². The summed E-state index contributed by atoms with van der Waals surface area (Å²) < 4.78 is 28.5. The topological polar surface area (TPSA) is 75.4 Å². The minimum absolute atomic E-state index is 0.0271. The number of halogens is 1. The van der Waals surface area contributed by atoms with E-state index in [1.54, 1.807) is 12.1 Å². The Labute approximate surface area is 134 Å². The molecule has 0 bridgehead atoms. The van der Waals surface area contributed by atoms with E-state index in [1.165, 1.54) is 18.9 Å². The molecule has 1 aromatic carbocycles. The van der Waals surface area contributed by atoms with E-state index in [0.29, 0.717) is 16.2 Å². The Hall–Kier alpha value is -0.630. The molecule has 0 aliphatic carbocycles. The SMILES string of the molecule is Nc1cc(S(=O)(=O)NC2CCN3CCCC3C2)ccc1Br. The summed E-state index contributed by atoms with van der Waals surface area (Å²) in [5.74, 6) is 0. The molecule has 2 fully saturated rings. The van der Waals surface area contributed by atoms with Crippen molar-refractivity contribution >= 4 is 31.6 Å². The molecule has 0 amide bonds. The van der Waals surface area contributed by atoms with E-state index in [9.17, 15) is 8.42 Å². The Bertz CT molecular complexity index is 635. The van der Waals surface area contributed by atoms with Crippen LogP contribution in [0.25, 0.3) is 0 Å². The van der Waals surface area contributed by atoms with Gasteiger partial charge in [-0.2, -0.15) is 0 Å². The number of anilines is 1. The number of hydrogen-bond acceptors (Lipinski definition) is 4. The molecule has 3 N–H and O–H groups in total. The Morgan fingerprint density at radius 1 is 1.29 bits per heavy atom. The number of nitrogens with zero attached hydrogens (tertiary/aromatic N) is 1. The molecule has 21 heavy (non-hydrogen) atoms. The second-order valence-corrected chi connectivity index (χ2v) is 8.43. The molecule has 116 valence electrons. The second kappa shape index (κ2) is 5.87. The number of nitrogens with two attached hydrogens (primary N) is 1. The van der Waals surface area contributed by atoms with E-state index >= 15 is 0 Å². The van der Waals surface area contributed by atoms with Crippen LogP contribution in [0.4, 0.5) is 5.69 Å². The lowest BCUT2D eigenvalue weighted by molar-refractivity contribution is 0.176. The third-order valence-corrected chi connectivity index (χ3v) is 6.66. The summed E-state index contributed by atoms with van der Waals surface area (Å²) in [6, 6.07) is 5.31. The van der Waals surface area contributed by atoms with E-state index in [0.717, 1.165) is 25.9 Å². The van der Waals surface area contributed by atoms with Crippen molar-refractivity contribution in [3.63, 3.8) is 0 Å². The van der Waals surface area contributed by atoms with Gasteiger partial charge >= 0.3 is 0 Å². The van der Waals surface area contributed by atoms with Gasteiger partial charge in [-0.15, -0.1) is 0 Å². The number of nitrogen functional groups attached to an aromatic ring is 1. The molecule has 2 aliphatic heterocycles. The first-order valence-corrected chi connectivity index (χ1v) is 9.55. The highest BCUT2D eigenvalue weighted by molar-refractivity contribution is 9.10. The van der Waals surface area contributed by atoms with Gasteiger partial charge in [-0.1, -0.05) is 0 Å². The second-order valence-electron chi connectivity index (χ2n) is 5.86. The molecule has 3 rings (SSSR count). The van der Waals surface area contributed by atoms with Crippen LogP contribution in [0.2, 0.25) is 0 Å². The van der Waals surface area contributed by atoms with Gasteiger partial charge in [0.25, 0.3) is 0 Å². The van der Waals surface area contributed by atoms with Gasteiger partial charge in [0.1, 0.15) is 0 Å². The zero-order valence-corrected chi connectivity index (χ0v) is 14.2. The van der Waals surface area contributed by atoms with Crippen LogP contribution in [0, 0.1) is 0 Å². The van der Waals surface area contributed by atoms with Crippen molar-refractivity contribution in [2.45, 2.75) is 42.7 Å². The molecular formula is C14H20BrN3O2S. The van der Waals surface area contributed by atoms with E-state index < -0.39 is 10.0 Å². The third kappa shape index (κ3) is 3.26. The van der Waals surface area contributed by atoms with Gasteiger partial charge in [0.05, 0.1) is 4.90 Å². The smallest absolute Gasteiger partial charge is 0.240 e. The monoisotopic (exact) mass is 373 g/mol. The van der Waals surface area contributed by atoms with Crippen LogP contribution in [-0.4, -0.2) is 38.5 Å². The number of fused-ring (bicyclic) bond motifs is 1. The maximum atomic E-state index is 12.5. The lowest BCUT2D eigenvalue weighted by Gasteiger charge is -2.34. The third-order valence-electron chi connectivity index (χ3n) is 4.42. The van der Waals surface area contributed by atoms with Crippen LogP contribution >= 0.6 is 15.9 Å². The van der Waals surface area contributed by atoms with Crippen molar-refractivity contribution in [3.8, 4) is 0 Å². The fraction of sp³-hybridized carbons (Fsp3) is 0.571. The highest BCUT2D eigenvalue weighted by atomic mass is 79.9. The van der Waals surface area contributed by atoms with Crippen LogP contribution in [0.15, 0.2) is 27.6 Å². The number of benzene rings is 1. The quantitative estimate of drug-likeness (QED) is 0.793. The lowest BCUT2D eigenvalue weighted by Crippen LogP contribution is -2.47. The van der Waals surface area contributed by atoms with Gasteiger partial charge in [0, 0.05) is 22.2 Å². The maximum Gasteiger partial charge on any atom is 0.240 e. The van der Waals surface area contributed by atoms with Crippen molar-refractivity contribution in [2.24, 2.45) is 0 Å². The van der Waals surface area contributed by atoms with E-state index in [-0.39, 0.29) is 10.9 Å². The molecule has 2 heterocycles. The van der Waals surface area contributed by atoms with Crippen LogP contribution in [0.5, 0.6) is 0 Å². The number of hydrogen-bond donors (Lipinski definition) is 2. The number of rotatable bonds is 3. The van der Waals surface area contributed by atoms with Crippen molar-refractivity contribution in [3.05, 3.63) is 22.7 Å². The molecule has 1 aromatic rings. The number of piperidine rings is 1. The summed E-state index contributed by atoms with van der Waals surface area (Å²) in [7, 11) is -3.50. The molecular weight excluding hydrogens is 354 g/mol. The summed E-state index contributed by atoms with van der Waals surface area (Å²) in [5, 5.41) is 0. The molecule has 0 aromatic heterocycles. The largest absolute Gasteiger partial charge is 0.398 e. The van der Waals surface area contributed by atoms with Crippen LogP contribution in [0.3, 0.4) is 0 Å². The average Bonchev–Trinajstić information content (AvgIpc) is 2.88. The van der Waals surface area contributed by atoms with Gasteiger partial charge in [0.2, 0.25) is 10.0 Å². The molecule has 0 saturated carbocycles. The molecule has 2 saturated heterocycles.